The fraction of sp³-hybridized carbons (Fsp3) is 0.333. The molecule has 0 aliphatic carbocycles. The highest BCUT2D eigenvalue weighted by Crippen LogP contribution is 2.25. The Kier molecular flexibility index (Phi) is 9.68. The van der Waals surface area contributed by atoms with Gasteiger partial charge in [-0.05, 0) is 68.3 Å². The van der Waals surface area contributed by atoms with Crippen LogP contribution in [0.25, 0.3) is 0 Å². The van der Waals surface area contributed by atoms with E-state index in [2.05, 4.69) is 9.62 Å². The molecule has 1 aliphatic heterocycles. The first-order valence-electron chi connectivity index (χ1n) is 13.2. The normalized spacial score (nSPS) is 17.7. The molecule has 0 radical (unpaired) electrons. The molecule has 1 heterocycles. The third kappa shape index (κ3) is 7.84. The van der Waals surface area contributed by atoms with Gasteiger partial charge >= 0.3 is 0 Å². The zero-order valence-electron chi connectivity index (χ0n) is 23.1. The van der Waals surface area contributed by atoms with Crippen molar-refractivity contribution in [2.24, 2.45) is 0 Å². The van der Waals surface area contributed by atoms with E-state index in [1.807, 2.05) is 13.8 Å². The maximum atomic E-state index is 13.3. The standard InChI is InChI=1S/C30H33ClFN3O5S/c1-20-6-4-5-7-28(20)41(38,39)33-29(36)15-24-14-25(31)10-13-27(24)40-19-30(37)35-17-21(2)34(16-22(35)3)18-23-8-11-26(32)12-9-23/h4-14,21-22H,15-19H2,1-3H3,(H,33,36). The van der Waals surface area contributed by atoms with Gasteiger partial charge in [0.2, 0.25) is 5.91 Å². The molecular weight excluding hydrogens is 569 g/mol. The number of ether oxygens (including phenoxy) is 1. The molecule has 1 saturated heterocycles. The first-order valence-corrected chi connectivity index (χ1v) is 15.1. The third-order valence-corrected chi connectivity index (χ3v) is 8.86. The average Bonchev–Trinajstić information content (AvgIpc) is 2.91. The summed E-state index contributed by atoms with van der Waals surface area (Å²) in [6, 6.07) is 17.4. The number of halogens is 2. The fourth-order valence-electron chi connectivity index (χ4n) is 4.91. The van der Waals surface area contributed by atoms with Crippen molar-refractivity contribution in [1.82, 2.24) is 14.5 Å². The van der Waals surface area contributed by atoms with Crippen molar-refractivity contribution in [3.05, 3.63) is 94.3 Å². The topological polar surface area (TPSA) is 96.0 Å². The minimum Gasteiger partial charge on any atom is -0.483 e. The number of carbonyl (C=O) groups is 2. The number of hydrogen-bond acceptors (Lipinski definition) is 6. The number of nitrogens with zero attached hydrogens (tertiary/aromatic N) is 2. The molecule has 8 nitrogen and oxygen atoms in total. The van der Waals surface area contributed by atoms with Gasteiger partial charge in [-0.3, -0.25) is 14.5 Å². The van der Waals surface area contributed by atoms with E-state index in [1.165, 1.54) is 24.3 Å². The van der Waals surface area contributed by atoms with E-state index in [-0.39, 0.29) is 47.5 Å². The summed E-state index contributed by atoms with van der Waals surface area (Å²) in [5.74, 6) is -0.978. The lowest BCUT2D eigenvalue weighted by atomic mass is 10.1. The van der Waals surface area contributed by atoms with E-state index in [1.54, 1.807) is 54.3 Å². The van der Waals surface area contributed by atoms with Gasteiger partial charge in [-0.2, -0.15) is 0 Å². The zero-order chi connectivity index (χ0) is 29.7. The summed E-state index contributed by atoms with van der Waals surface area (Å²) < 4.78 is 46.7. The van der Waals surface area contributed by atoms with Gasteiger partial charge in [0.15, 0.2) is 6.61 Å². The van der Waals surface area contributed by atoms with Crippen LogP contribution in [0.3, 0.4) is 0 Å². The minimum absolute atomic E-state index is 0.0163. The van der Waals surface area contributed by atoms with Crippen LogP contribution in [0, 0.1) is 12.7 Å². The Balaban J connectivity index is 1.37. The van der Waals surface area contributed by atoms with Gasteiger partial charge in [0.1, 0.15) is 11.6 Å². The summed E-state index contributed by atoms with van der Waals surface area (Å²) in [5.41, 5.74) is 1.87. The Morgan fingerprint density at radius 2 is 1.73 bits per heavy atom. The summed E-state index contributed by atoms with van der Waals surface area (Å²) >= 11 is 6.15. The van der Waals surface area contributed by atoms with Crippen LogP contribution in [0.2, 0.25) is 5.02 Å². The van der Waals surface area contributed by atoms with Gasteiger partial charge in [0, 0.05) is 42.3 Å². The molecular formula is C30H33ClFN3O5S. The molecule has 2 amide bonds. The summed E-state index contributed by atoms with van der Waals surface area (Å²) in [5, 5.41) is 0.341. The lowest BCUT2D eigenvalue weighted by Crippen LogP contribution is -2.58. The van der Waals surface area contributed by atoms with Gasteiger partial charge in [0.25, 0.3) is 15.9 Å². The van der Waals surface area contributed by atoms with Crippen molar-refractivity contribution in [1.29, 1.82) is 0 Å². The van der Waals surface area contributed by atoms with Gasteiger partial charge in [-0.1, -0.05) is 41.9 Å². The largest absolute Gasteiger partial charge is 0.483 e. The highest BCUT2D eigenvalue weighted by atomic mass is 35.5. The number of carbonyl (C=O) groups excluding carboxylic acids is 2. The maximum Gasteiger partial charge on any atom is 0.264 e. The third-order valence-electron chi connectivity index (χ3n) is 7.09. The Morgan fingerprint density at radius 1 is 1.02 bits per heavy atom. The van der Waals surface area contributed by atoms with E-state index in [4.69, 9.17) is 16.3 Å². The second kappa shape index (κ2) is 13.0. The molecule has 1 fully saturated rings. The molecule has 0 saturated carbocycles. The molecule has 2 atom stereocenters. The summed E-state index contributed by atoms with van der Waals surface area (Å²) in [6.07, 6.45) is -0.315. The van der Waals surface area contributed by atoms with Crippen LogP contribution < -0.4 is 9.46 Å². The van der Waals surface area contributed by atoms with Gasteiger partial charge in [0.05, 0.1) is 11.3 Å². The molecule has 3 aromatic rings. The Morgan fingerprint density at radius 3 is 2.44 bits per heavy atom. The highest BCUT2D eigenvalue weighted by Gasteiger charge is 2.32. The molecule has 0 spiro atoms. The Labute approximate surface area is 245 Å². The number of amides is 2. The van der Waals surface area contributed by atoms with E-state index in [0.29, 0.717) is 35.8 Å². The summed E-state index contributed by atoms with van der Waals surface area (Å²) in [4.78, 5) is 29.9. The van der Waals surface area contributed by atoms with E-state index < -0.39 is 15.9 Å². The molecule has 4 rings (SSSR count). The van der Waals surface area contributed by atoms with E-state index in [9.17, 15) is 22.4 Å². The van der Waals surface area contributed by atoms with Crippen molar-refractivity contribution in [3.8, 4) is 5.75 Å². The SMILES string of the molecule is Cc1ccccc1S(=O)(=O)NC(=O)Cc1cc(Cl)ccc1OCC(=O)N1CC(C)N(Cc2ccc(F)cc2)CC1C. The number of nitrogens with one attached hydrogen (secondary N) is 1. The van der Waals surface area contributed by atoms with Crippen LogP contribution in [-0.4, -0.2) is 61.8 Å². The molecule has 11 heteroatoms. The van der Waals surface area contributed by atoms with Gasteiger partial charge in [-0.25, -0.2) is 17.5 Å². The molecule has 0 aromatic heterocycles. The van der Waals surface area contributed by atoms with Crippen LogP contribution in [0.4, 0.5) is 4.39 Å². The van der Waals surface area contributed by atoms with Gasteiger partial charge in [-0.15, -0.1) is 0 Å². The highest BCUT2D eigenvalue weighted by molar-refractivity contribution is 7.90. The number of sulfonamides is 1. The number of piperazine rings is 1. The number of aryl methyl sites for hydroxylation is 1. The second-order valence-electron chi connectivity index (χ2n) is 10.3. The van der Waals surface area contributed by atoms with Crippen LogP contribution in [0.5, 0.6) is 5.75 Å². The summed E-state index contributed by atoms with van der Waals surface area (Å²) in [7, 11) is -4.07. The monoisotopic (exact) mass is 601 g/mol. The van der Waals surface area contributed by atoms with Crippen molar-refractivity contribution in [3.63, 3.8) is 0 Å². The average molecular weight is 602 g/mol. The maximum absolute atomic E-state index is 13.3. The molecule has 0 bridgehead atoms. The predicted octanol–water partition coefficient (Wildman–Crippen LogP) is 4.34. The number of rotatable bonds is 9. The van der Waals surface area contributed by atoms with Crippen molar-refractivity contribution in [2.45, 2.75) is 50.7 Å². The molecule has 1 N–H and O–H groups in total. The second-order valence-corrected chi connectivity index (χ2v) is 12.4. The van der Waals surface area contributed by atoms with Crippen molar-refractivity contribution < 1.29 is 27.1 Å². The molecule has 3 aromatic carbocycles. The minimum atomic E-state index is -4.07. The number of benzene rings is 3. The Bertz CT molecular complexity index is 1520. The smallest absolute Gasteiger partial charge is 0.264 e. The predicted molar refractivity (Wildman–Crippen MR) is 155 cm³/mol. The van der Waals surface area contributed by atoms with Crippen molar-refractivity contribution >= 4 is 33.4 Å². The summed E-state index contributed by atoms with van der Waals surface area (Å²) in [6.45, 7) is 7.19. The molecule has 41 heavy (non-hydrogen) atoms. The quantitative estimate of drug-likeness (QED) is 0.392. The molecule has 2 unspecified atom stereocenters. The van der Waals surface area contributed by atoms with Crippen molar-refractivity contribution in [2.75, 3.05) is 19.7 Å². The van der Waals surface area contributed by atoms with Gasteiger partial charge < -0.3 is 9.64 Å². The van der Waals surface area contributed by atoms with Crippen LogP contribution >= 0.6 is 11.6 Å². The first kappa shape index (κ1) is 30.5. The fourth-order valence-corrected chi connectivity index (χ4v) is 6.34. The Hall–Kier alpha value is -3.47. The van der Waals surface area contributed by atoms with E-state index in [0.717, 1.165) is 5.56 Å². The molecule has 1 aliphatic rings. The van der Waals surface area contributed by atoms with Crippen LogP contribution in [0.1, 0.15) is 30.5 Å². The molecule has 218 valence electrons. The number of hydrogen-bond donors (Lipinski definition) is 1. The van der Waals surface area contributed by atoms with Crippen LogP contribution in [0.15, 0.2) is 71.6 Å². The lowest BCUT2D eigenvalue weighted by molar-refractivity contribution is -0.139. The van der Waals surface area contributed by atoms with Crippen LogP contribution in [-0.2, 0) is 32.6 Å². The zero-order valence-corrected chi connectivity index (χ0v) is 24.7. The lowest BCUT2D eigenvalue weighted by Gasteiger charge is -2.44. The first-order chi connectivity index (χ1) is 19.4. The van der Waals surface area contributed by atoms with E-state index >= 15 is 0 Å².